The van der Waals surface area contributed by atoms with Crippen LogP contribution in [0.2, 0.25) is 0 Å². The molecule has 0 amide bonds. The van der Waals surface area contributed by atoms with E-state index in [9.17, 15) is 0 Å². The third-order valence-electron chi connectivity index (χ3n) is 2.58. The largest absolute Gasteiger partial charge is 0.399 e. The zero-order chi connectivity index (χ0) is 11.4. The highest BCUT2D eigenvalue weighted by Gasteiger charge is 1.97. The second-order valence-corrected chi connectivity index (χ2v) is 4.71. The second kappa shape index (κ2) is 5.14. The van der Waals surface area contributed by atoms with Crippen molar-refractivity contribution in [2.24, 2.45) is 0 Å². The Labute approximate surface area is 100 Å². The molecular weight excluding hydrogens is 216 g/mol. The van der Waals surface area contributed by atoms with Crippen molar-refractivity contribution in [3.63, 3.8) is 0 Å². The second-order valence-electron chi connectivity index (χ2n) is 3.93. The molecule has 84 valence electrons. The summed E-state index contributed by atoms with van der Waals surface area (Å²) in [6.07, 6.45) is 0. The first kappa shape index (κ1) is 11.2. The predicted molar refractivity (Wildman–Crippen MR) is 70.5 cm³/mol. The average molecular weight is 232 g/mol. The number of hydrogen-bond acceptors (Lipinski definition) is 3. The van der Waals surface area contributed by atoms with Crippen LogP contribution >= 0.6 is 11.3 Å². The van der Waals surface area contributed by atoms with Gasteiger partial charge < -0.3 is 11.1 Å². The van der Waals surface area contributed by atoms with Gasteiger partial charge in [0.2, 0.25) is 0 Å². The number of aryl methyl sites for hydroxylation is 1. The highest BCUT2D eigenvalue weighted by Crippen LogP contribution is 2.13. The first-order chi connectivity index (χ1) is 7.75. The molecule has 0 spiro atoms. The fraction of sp³-hybridized carbons (Fsp3) is 0.231. The molecule has 3 heteroatoms. The Morgan fingerprint density at radius 3 is 2.69 bits per heavy atom. The van der Waals surface area contributed by atoms with Crippen LogP contribution in [0, 0.1) is 6.92 Å². The first-order valence-electron chi connectivity index (χ1n) is 5.32. The number of benzene rings is 1. The lowest BCUT2D eigenvalue weighted by atomic mass is 10.1. The summed E-state index contributed by atoms with van der Waals surface area (Å²) in [6, 6.07) is 8.36. The number of hydrogen-bond donors (Lipinski definition) is 2. The van der Waals surface area contributed by atoms with E-state index in [0.717, 1.165) is 24.3 Å². The summed E-state index contributed by atoms with van der Waals surface area (Å²) < 4.78 is 0. The summed E-state index contributed by atoms with van der Waals surface area (Å²) >= 11 is 1.73. The highest BCUT2D eigenvalue weighted by atomic mass is 32.1. The van der Waals surface area contributed by atoms with Crippen LogP contribution < -0.4 is 11.1 Å². The number of rotatable bonds is 4. The monoisotopic (exact) mass is 232 g/mol. The standard InChI is InChI=1S/C13H16N2S/c1-10-2-3-11(6-13(10)14)7-15-8-12-4-5-16-9-12/h2-6,9,15H,7-8,14H2,1H3. The van der Waals surface area contributed by atoms with Crippen LogP contribution in [-0.2, 0) is 13.1 Å². The molecule has 1 heterocycles. The molecular formula is C13H16N2S. The van der Waals surface area contributed by atoms with Crippen LogP contribution in [-0.4, -0.2) is 0 Å². The SMILES string of the molecule is Cc1ccc(CNCc2ccsc2)cc1N. The van der Waals surface area contributed by atoms with Gasteiger partial charge in [-0.05, 0) is 46.5 Å². The minimum atomic E-state index is 0.861. The van der Waals surface area contributed by atoms with Crippen molar-refractivity contribution < 1.29 is 0 Å². The van der Waals surface area contributed by atoms with Crippen molar-refractivity contribution >= 4 is 17.0 Å². The molecule has 0 radical (unpaired) electrons. The molecule has 0 saturated carbocycles. The molecule has 0 unspecified atom stereocenters. The van der Waals surface area contributed by atoms with E-state index in [1.807, 2.05) is 13.0 Å². The summed E-state index contributed by atoms with van der Waals surface area (Å²) in [5, 5.41) is 7.66. The van der Waals surface area contributed by atoms with Gasteiger partial charge >= 0.3 is 0 Å². The molecule has 2 rings (SSSR count). The molecule has 0 saturated heterocycles. The molecule has 1 aromatic heterocycles. The quantitative estimate of drug-likeness (QED) is 0.795. The number of thiophene rings is 1. The summed E-state index contributed by atoms with van der Waals surface area (Å²) in [7, 11) is 0. The molecule has 0 aliphatic heterocycles. The maximum Gasteiger partial charge on any atom is 0.0346 e. The minimum absolute atomic E-state index is 0.861. The molecule has 2 nitrogen and oxygen atoms in total. The topological polar surface area (TPSA) is 38.0 Å². The summed E-state index contributed by atoms with van der Waals surface area (Å²) in [4.78, 5) is 0. The molecule has 2 aromatic rings. The Kier molecular flexibility index (Phi) is 3.59. The summed E-state index contributed by atoms with van der Waals surface area (Å²) in [6.45, 7) is 3.80. The highest BCUT2D eigenvalue weighted by molar-refractivity contribution is 7.07. The van der Waals surface area contributed by atoms with Crippen LogP contribution in [0.15, 0.2) is 35.0 Å². The predicted octanol–water partition coefficient (Wildman–Crippen LogP) is 2.93. The van der Waals surface area contributed by atoms with Crippen molar-refractivity contribution in [1.82, 2.24) is 5.32 Å². The zero-order valence-electron chi connectivity index (χ0n) is 9.36. The maximum absolute atomic E-state index is 5.86. The van der Waals surface area contributed by atoms with Gasteiger partial charge in [-0.15, -0.1) is 0 Å². The first-order valence-corrected chi connectivity index (χ1v) is 6.27. The van der Waals surface area contributed by atoms with Crippen molar-refractivity contribution in [3.05, 3.63) is 51.7 Å². The van der Waals surface area contributed by atoms with E-state index in [4.69, 9.17) is 5.73 Å². The van der Waals surface area contributed by atoms with E-state index >= 15 is 0 Å². The van der Waals surface area contributed by atoms with Crippen molar-refractivity contribution in [2.45, 2.75) is 20.0 Å². The maximum atomic E-state index is 5.86. The molecule has 1 aromatic carbocycles. The summed E-state index contributed by atoms with van der Waals surface area (Å²) in [5.74, 6) is 0. The number of nitrogens with one attached hydrogen (secondary N) is 1. The zero-order valence-corrected chi connectivity index (χ0v) is 10.2. The lowest BCUT2D eigenvalue weighted by Crippen LogP contribution is -2.12. The van der Waals surface area contributed by atoms with E-state index in [1.165, 1.54) is 11.1 Å². The van der Waals surface area contributed by atoms with Gasteiger partial charge in [0.1, 0.15) is 0 Å². The Morgan fingerprint density at radius 1 is 1.19 bits per heavy atom. The molecule has 0 fully saturated rings. The van der Waals surface area contributed by atoms with Gasteiger partial charge in [-0.25, -0.2) is 0 Å². The van der Waals surface area contributed by atoms with Gasteiger partial charge in [-0.1, -0.05) is 12.1 Å². The van der Waals surface area contributed by atoms with Crippen molar-refractivity contribution in [1.29, 1.82) is 0 Å². The van der Waals surface area contributed by atoms with E-state index < -0.39 is 0 Å². The smallest absolute Gasteiger partial charge is 0.0346 e. The van der Waals surface area contributed by atoms with E-state index in [1.54, 1.807) is 11.3 Å². The van der Waals surface area contributed by atoms with Crippen LogP contribution in [0.25, 0.3) is 0 Å². The Morgan fingerprint density at radius 2 is 2.00 bits per heavy atom. The Hall–Kier alpha value is -1.32. The molecule has 0 aliphatic rings. The summed E-state index contributed by atoms with van der Waals surface area (Å²) in [5.41, 5.74) is 10.4. The van der Waals surface area contributed by atoms with Gasteiger partial charge in [0.25, 0.3) is 0 Å². The fourth-order valence-electron chi connectivity index (χ4n) is 1.54. The molecule has 0 bridgehead atoms. The van der Waals surface area contributed by atoms with Crippen LogP contribution in [0.3, 0.4) is 0 Å². The van der Waals surface area contributed by atoms with Gasteiger partial charge in [-0.2, -0.15) is 11.3 Å². The van der Waals surface area contributed by atoms with Gasteiger partial charge in [0, 0.05) is 18.8 Å². The molecule has 3 N–H and O–H groups in total. The average Bonchev–Trinajstić information content (AvgIpc) is 2.76. The van der Waals surface area contributed by atoms with Crippen molar-refractivity contribution in [2.75, 3.05) is 5.73 Å². The number of anilines is 1. The van der Waals surface area contributed by atoms with E-state index in [2.05, 4.69) is 34.3 Å². The Balaban J connectivity index is 1.87. The number of nitrogen functional groups attached to an aromatic ring is 1. The lowest BCUT2D eigenvalue weighted by molar-refractivity contribution is 0.695. The number of nitrogens with two attached hydrogens (primary N) is 1. The third kappa shape index (κ3) is 2.84. The van der Waals surface area contributed by atoms with Crippen molar-refractivity contribution in [3.8, 4) is 0 Å². The van der Waals surface area contributed by atoms with Gasteiger partial charge in [0.15, 0.2) is 0 Å². The van der Waals surface area contributed by atoms with Crippen LogP contribution in [0.5, 0.6) is 0 Å². The molecule has 0 atom stereocenters. The van der Waals surface area contributed by atoms with Gasteiger partial charge in [-0.3, -0.25) is 0 Å². The normalized spacial score (nSPS) is 10.6. The molecule has 16 heavy (non-hydrogen) atoms. The Bertz CT molecular complexity index is 449. The van der Waals surface area contributed by atoms with Gasteiger partial charge in [0.05, 0.1) is 0 Å². The van der Waals surface area contributed by atoms with Crippen LogP contribution in [0.4, 0.5) is 5.69 Å². The fourth-order valence-corrected chi connectivity index (χ4v) is 2.21. The van der Waals surface area contributed by atoms with E-state index in [-0.39, 0.29) is 0 Å². The molecule has 0 aliphatic carbocycles. The van der Waals surface area contributed by atoms with Crippen LogP contribution in [0.1, 0.15) is 16.7 Å². The third-order valence-corrected chi connectivity index (χ3v) is 3.31. The lowest BCUT2D eigenvalue weighted by Gasteiger charge is -2.06. The van der Waals surface area contributed by atoms with E-state index in [0.29, 0.717) is 0 Å². The minimum Gasteiger partial charge on any atom is -0.399 e.